The molecule has 0 radical (unpaired) electrons. The molecule has 0 saturated heterocycles. The molecule has 0 saturated carbocycles. The maximum absolute atomic E-state index is 5.77. The molecular formula is C15H18N6O. The summed E-state index contributed by atoms with van der Waals surface area (Å²) in [6.07, 6.45) is 6.10. The number of aromatic nitrogens is 6. The highest BCUT2D eigenvalue weighted by Crippen LogP contribution is 2.28. The maximum Gasteiger partial charge on any atom is 0.137 e. The molecule has 3 aromatic rings. The summed E-state index contributed by atoms with van der Waals surface area (Å²) >= 11 is 0. The molecule has 22 heavy (non-hydrogen) atoms. The highest BCUT2D eigenvalue weighted by atomic mass is 16.5. The van der Waals surface area contributed by atoms with Gasteiger partial charge >= 0.3 is 0 Å². The topological polar surface area (TPSA) is 70.7 Å². The van der Waals surface area contributed by atoms with Crippen molar-refractivity contribution in [1.29, 1.82) is 0 Å². The minimum absolute atomic E-state index is 0.689. The Kier molecular flexibility index (Phi) is 4.43. The fraction of sp³-hybridized carbons (Fsp3) is 0.333. The van der Waals surface area contributed by atoms with Crippen molar-refractivity contribution in [2.75, 3.05) is 6.61 Å². The van der Waals surface area contributed by atoms with Gasteiger partial charge in [-0.15, -0.1) is 5.10 Å². The first-order valence-corrected chi connectivity index (χ1v) is 7.31. The summed E-state index contributed by atoms with van der Waals surface area (Å²) in [7, 11) is 0. The number of rotatable bonds is 7. The molecule has 0 unspecified atom stereocenters. The molecule has 0 aliphatic rings. The van der Waals surface area contributed by atoms with Gasteiger partial charge in [-0.25, -0.2) is 4.98 Å². The third-order valence-corrected chi connectivity index (χ3v) is 3.19. The van der Waals surface area contributed by atoms with E-state index in [-0.39, 0.29) is 0 Å². The van der Waals surface area contributed by atoms with E-state index in [4.69, 9.17) is 4.74 Å². The van der Waals surface area contributed by atoms with Crippen LogP contribution in [0.3, 0.4) is 0 Å². The lowest BCUT2D eigenvalue weighted by Crippen LogP contribution is -2.08. The van der Waals surface area contributed by atoms with Gasteiger partial charge in [0.1, 0.15) is 24.1 Å². The van der Waals surface area contributed by atoms with Gasteiger partial charge in [-0.1, -0.05) is 24.3 Å². The number of hydrogen-bond donors (Lipinski definition) is 0. The summed E-state index contributed by atoms with van der Waals surface area (Å²) in [5.74, 6) is 0.840. The molecular weight excluding hydrogens is 280 g/mol. The van der Waals surface area contributed by atoms with Crippen LogP contribution in [-0.4, -0.2) is 36.4 Å². The third kappa shape index (κ3) is 3.30. The van der Waals surface area contributed by atoms with Gasteiger partial charge in [0, 0.05) is 5.56 Å². The molecule has 0 aliphatic carbocycles. The molecule has 0 spiro atoms. The predicted molar refractivity (Wildman–Crippen MR) is 81.3 cm³/mol. The van der Waals surface area contributed by atoms with Crippen molar-refractivity contribution in [3.05, 3.63) is 43.1 Å². The Morgan fingerprint density at radius 2 is 2.00 bits per heavy atom. The number of ether oxygens (including phenoxy) is 1. The van der Waals surface area contributed by atoms with Crippen LogP contribution in [-0.2, 0) is 13.1 Å². The molecule has 2 heterocycles. The summed E-state index contributed by atoms with van der Waals surface area (Å²) < 4.78 is 9.33. The minimum Gasteiger partial charge on any atom is -0.493 e. The van der Waals surface area contributed by atoms with Gasteiger partial charge < -0.3 is 4.74 Å². The van der Waals surface area contributed by atoms with Gasteiger partial charge in [-0.05, 0) is 18.6 Å². The Morgan fingerprint density at radius 3 is 2.82 bits per heavy atom. The lowest BCUT2D eigenvalue weighted by Gasteiger charge is -2.08. The van der Waals surface area contributed by atoms with E-state index in [1.165, 1.54) is 6.33 Å². The first kappa shape index (κ1) is 14.2. The third-order valence-electron chi connectivity index (χ3n) is 3.19. The van der Waals surface area contributed by atoms with E-state index in [1.807, 2.05) is 30.5 Å². The Bertz CT molecular complexity index is 706. The number of aryl methyl sites for hydroxylation is 2. The Morgan fingerprint density at radius 1 is 1.14 bits per heavy atom. The molecule has 0 N–H and O–H groups in total. The molecule has 114 valence electrons. The number of nitrogens with zero attached hydrogens (tertiary/aromatic N) is 6. The van der Waals surface area contributed by atoms with Gasteiger partial charge in [0.15, 0.2) is 0 Å². The standard InChI is InChI=1S/C15H18N6O/c1-2-9-22-15-6-4-3-5-13(15)14-10-20(19-18-14)7-8-21-12-16-11-17-21/h3-6,10-12H,2,7-9H2,1H3. The van der Waals surface area contributed by atoms with Gasteiger partial charge in [0.2, 0.25) is 0 Å². The van der Waals surface area contributed by atoms with E-state index in [9.17, 15) is 0 Å². The summed E-state index contributed by atoms with van der Waals surface area (Å²) in [6, 6.07) is 7.89. The van der Waals surface area contributed by atoms with Crippen LogP contribution in [0.5, 0.6) is 5.75 Å². The smallest absolute Gasteiger partial charge is 0.137 e. The Labute approximate surface area is 128 Å². The van der Waals surface area contributed by atoms with Gasteiger partial charge in [0.25, 0.3) is 0 Å². The average Bonchev–Trinajstić information content (AvgIpc) is 3.22. The highest BCUT2D eigenvalue weighted by molar-refractivity contribution is 5.66. The van der Waals surface area contributed by atoms with Gasteiger partial charge in [0.05, 0.1) is 25.9 Å². The van der Waals surface area contributed by atoms with Crippen LogP contribution in [0.4, 0.5) is 0 Å². The fourth-order valence-corrected chi connectivity index (χ4v) is 2.10. The van der Waals surface area contributed by atoms with Crippen LogP contribution in [0.25, 0.3) is 11.3 Å². The molecule has 0 amide bonds. The van der Waals surface area contributed by atoms with Crippen molar-refractivity contribution in [2.45, 2.75) is 26.4 Å². The first-order chi connectivity index (χ1) is 10.9. The summed E-state index contributed by atoms with van der Waals surface area (Å²) in [4.78, 5) is 3.92. The van der Waals surface area contributed by atoms with Gasteiger partial charge in [-0.3, -0.25) is 9.36 Å². The molecule has 0 bridgehead atoms. The average molecular weight is 298 g/mol. The molecule has 3 rings (SSSR count). The van der Waals surface area contributed by atoms with E-state index >= 15 is 0 Å². The SMILES string of the molecule is CCCOc1ccccc1-c1cn(CCn2cncn2)nn1. The summed E-state index contributed by atoms with van der Waals surface area (Å²) in [5.41, 5.74) is 1.77. The number of para-hydroxylation sites is 1. The zero-order valence-electron chi connectivity index (χ0n) is 12.5. The largest absolute Gasteiger partial charge is 0.493 e. The van der Waals surface area contributed by atoms with Crippen LogP contribution < -0.4 is 4.74 Å². The van der Waals surface area contributed by atoms with E-state index in [1.54, 1.807) is 15.7 Å². The van der Waals surface area contributed by atoms with Crippen molar-refractivity contribution in [3.63, 3.8) is 0 Å². The molecule has 2 aromatic heterocycles. The lowest BCUT2D eigenvalue weighted by molar-refractivity contribution is 0.318. The molecule has 7 nitrogen and oxygen atoms in total. The van der Waals surface area contributed by atoms with E-state index in [0.29, 0.717) is 19.7 Å². The molecule has 7 heteroatoms. The van der Waals surface area contributed by atoms with Gasteiger partial charge in [-0.2, -0.15) is 5.10 Å². The quantitative estimate of drug-likeness (QED) is 0.667. The maximum atomic E-state index is 5.77. The molecule has 1 aromatic carbocycles. The Balaban J connectivity index is 1.73. The van der Waals surface area contributed by atoms with E-state index in [2.05, 4.69) is 27.3 Å². The summed E-state index contributed by atoms with van der Waals surface area (Å²) in [6.45, 7) is 4.17. The highest BCUT2D eigenvalue weighted by Gasteiger charge is 2.09. The number of benzene rings is 1. The first-order valence-electron chi connectivity index (χ1n) is 7.31. The van der Waals surface area contributed by atoms with Crippen molar-refractivity contribution in [1.82, 2.24) is 29.8 Å². The van der Waals surface area contributed by atoms with Crippen molar-refractivity contribution in [3.8, 4) is 17.0 Å². The minimum atomic E-state index is 0.689. The normalized spacial score (nSPS) is 10.8. The molecule has 0 fully saturated rings. The van der Waals surface area contributed by atoms with Crippen LogP contribution in [0.1, 0.15) is 13.3 Å². The monoisotopic (exact) mass is 298 g/mol. The van der Waals surface area contributed by atoms with Crippen molar-refractivity contribution >= 4 is 0 Å². The van der Waals surface area contributed by atoms with E-state index < -0.39 is 0 Å². The molecule has 0 atom stereocenters. The lowest BCUT2D eigenvalue weighted by atomic mass is 10.1. The second-order valence-corrected chi connectivity index (χ2v) is 4.87. The van der Waals surface area contributed by atoms with Crippen molar-refractivity contribution < 1.29 is 4.74 Å². The summed E-state index contributed by atoms with van der Waals surface area (Å²) in [5, 5.41) is 12.5. The van der Waals surface area contributed by atoms with E-state index in [0.717, 1.165) is 23.4 Å². The second kappa shape index (κ2) is 6.84. The number of hydrogen-bond acceptors (Lipinski definition) is 5. The molecule has 0 aliphatic heterocycles. The second-order valence-electron chi connectivity index (χ2n) is 4.87. The fourth-order valence-electron chi connectivity index (χ4n) is 2.10. The Hall–Kier alpha value is -2.70. The zero-order chi connectivity index (χ0) is 15.2. The zero-order valence-corrected chi connectivity index (χ0v) is 12.5. The van der Waals surface area contributed by atoms with Crippen LogP contribution in [0.15, 0.2) is 43.1 Å². The van der Waals surface area contributed by atoms with Crippen LogP contribution in [0, 0.1) is 0 Å². The predicted octanol–water partition coefficient (Wildman–Crippen LogP) is 2.03. The van der Waals surface area contributed by atoms with Crippen molar-refractivity contribution in [2.24, 2.45) is 0 Å². The van der Waals surface area contributed by atoms with Crippen LogP contribution in [0.2, 0.25) is 0 Å². The van der Waals surface area contributed by atoms with Crippen LogP contribution >= 0.6 is 0 Å².